The Morgan fingerprint density at radius 1 is 1.08 bits per heavy atom. The number of nitrogens with zero attached hydrogens (tertiary/aromatic N) is 1. The van der Waals surface area contributed by atoms with Gasteiger partial charge in [0.1, 0.15) is 5.75 Å². The summed E-state index contributed by atoms with van der Waals surface area (Å²) in [5, 5.41) is 2.70. The molecule has 0 bridgehead atoms. The number of amides is 1. The highest BCUT2D eigenvalue weighted by molar-refractivity contribution is 5.97. The van der Waals surface area contributed by atoms with Gasteiger partial charge in [0.15, 0.2) is 6.10 Å². The molecule has 0 radical (unpaired) electrons. The summed E-state index contributed by atoms with van der Waals surface area (Å²) in [7, 11) is 5.32. The van der Waals surface area contributed by atoms with Crippen LogP contribution in [-0.4, -0.2) is 39.2 Å². The number of ether oxygens (including phenoxy) is 2. The summed E-state index contributed by atoms with van der Waals surface area (Å²) in [5.74, 6) is -0.328. The van der Waals surface area contributed by atoms with Crippen molar-refractivity contribution in [2.75, 3.05) is 31.4 Å². The standard InChI is InChI=1S/C19H22N2O4/c1-13(18(22)20-15-8-6-10-17(12-15)24-4)25-19(23)14-7-5-9-16(11-14)21(2)3/h5-13H,1-4H3,(H,20,22)/t13-/m0/s1. The Morgan fingerprint density at radius 3 is 2.48 bits per heavy atom. The van der Waals surface area contributed by atoms with Crippen LogP contribution in [0.2, 0.25) is 0 Å². The lowest BCUT2D eigenvalue weighted by molar-refractivity contribution is -0.123. The van der Waals surface area contributed by atoms with E-state index in [0.29, 0.717) is 17.0 Å². The Hall–Kier alpha value is -3.02. The van der Waals surface area contributed by atoms with Crippen LogP contribution in [0.25, 0.3) is 0 Å². The highest BCUT2D eigenvalue weighted by Gasteiger charge is 2.19. The van der Waals surface area contributed by atoms with Gasteiger partial charge in [-0.05, 0) is 37.3 Å². The number of anilines is 2. The van der Waals surface area contributed by atoms with Crippen LogP contribution >= 0.6 is 0 Å². The van der Waals surface area contributed by atoms with E-state index in [1.165, 1.54) is 6.92 Å². The zero-order chi connectivity index (χ0) is 18.4. The van der Waals surface area contributed by atoms with Crippen molar-refractivity contribution >= 4 is 23.3 Å². The van der Waals surface area contributed by atoms with Crippen molar-refractivity contribution in [2.24, 2.45) is 0 Å². The van der Waals surface area contributed by atoms with Crippen LogP contribution in [-0.2, 0) is 9.53 Å². The number of benzene rings is 2. The third-order valence-electron chi connectivity index (χ3n) is 3.59. The number of hydrogen-bond donors (Lipinski definition) is 1. The van der Waals surface area contributed by atoms with Gasteiger partial charge in [0.2, 0.25) is 0 Å². The van der Waals surface area contributed by atoms with Crippen molar-refractivity contribution in [3.63, 3.8) is 0 Å². The molecule has 0 aliphatic carbocycles. The van der Waals surface area contributed by atoms with Gasteiger partial charge in [-0.2, -0.15) is 0 Å². The summed E-state index contributed by atoms with van der Waals surface area (Å²) < 4.78 is 10.4. The fourth-order valence-corrected chi connectivity index (χ4v) is 2.14. The normalized spacial score (nSPS) is 11.4. The summed E-state index contributed by atoms with van der Waals surface area (Å²) in [5.41, 5.74) is 1.84. The number of hydrogen-bond acceptors (Lipinski definition) is 5. The fourth-order valence-electron chi connectivity index (χ4n) is 2.14. The minimum atomic E-state index is -0.929. The molecular weight excluding hydrogens is 320 g/mol. The predicted octanol–water partition coefficient (Wildman–Crippen LogP) is 2.95. The van der Waals surface area contributed by atoms with Crippen molar-refractivity contribution in [1.29, 1.82) is 0 Å². The molecule has 2 aromatic carbocycles. The molecule has 0 spiro atoms. The predicted molar refractivity (Wildman–Crippen MR) is 97.3 cm³/mol. The number of carbonyl (C=O) groups excluding carboxylic acids is 2. The van der Waals surface area contributed by atoms with Gasteiger partial charge in [0, 0.05) is 31.5 Å². The Morgan fingerprint density at radius 2 is 1.80 bits per heavy atom. The highest BCUT2D eigenvalue weighted by Crippen LogP contribution is 2.18. The molecule has 132 valence electrons. The van der Waals surface area contributed by atoms with Gasteiger partial charge < -0.3 is 19.7 Å². The maximum atomic E-state index is 12.2. The van der Waals surface area contributed by atoms with Crippen LogP contribution in [0, 0.1) is 0 Å². The molecule has 0 unspecified atom stereocenters. The van der Waals surface area contributed by atoms with Crippen molar-refractivity contribution in [3.05, 3.63) is 54.1 Å². The van der Waals surface area contributed by atoms with Gasteiger partial charge in [0.25, 0.3) is 5.91 Å². The number of esters is 1. The molecule has 0 saturated carbocycles. The molecule has 6 nitrogen and oxygen atoms in total. The maximum Gasteiger partial charge on any atom is 0.338 e. The SMILES string of the molecule is COc1cccc(NC(=O)[C@H](C)OC(=O)c2cccc(N(C)C)c2)c1. The summed E-state index contributed by atoms with van der Waals surface area (Å²) in [6.45, 7) is 1.53. The number of nitrogens with one attached hydrogen (secondary N) is 1. The first-order valence-corrected chi connectivity index (χ1v) is 7.84. The molecule has 0 fully saturated rings. The summed E-state index contributed by atoms with van der Waals surface area (Å²) >= 11 is 0. The van der Waals surface area contributed by atoms with Gasteiger partial charge in [-0.25, -0.2) is 4.79 Å². The molecule has 2 aromatic rings. The monoisotopic (exact) mass is 342 g/mol. The average molecular weight is 342 g/mol. The Kier molecular flexibility index (Phi) is 6.00. The molecule has 0 saturated heterocycles. The molecule has 0 aliphatic rings. The van der Waals surface area contributed by atoms with Crippen LogP contribution in [0.3, 0.4) is 0 Å². The van der Waals surface area contributed by atoms with E-state index < -0.39 is 18.0 Å². The summed E-state index contributed by atoms with van der Waals surface area (Å²) in [6, 6.07) is 14.0. The summed E-state index contributed by atoms with van der Waals surface area (Å²) in [4.78, 5) is 26.3. The molecule has 25 heavy (non-hydrogen) atoms. The lowest BCUT2D eigenvalue weighted by Crippen LogP contribution is -2.30. The number of methoxy groups -OCH3 is 1. The van der Waals surface area contributed by atoms with Gasteiger partial charge >= 0.3 is 5.97 Å². The molecule has 0 heterocycles. The molecule has 1 N–H and O–H groups in total. The van der Waals surface area contributed by atoms with Crippen LogP contribution < -0.4 is 15.0 Å². The zero-order valence-electron chi connectivity index (χ0n) is 14.8. The number of rotatable bonds is 6. The van der Waals surface area contributed by atoms with Gasteiger partial charge in [-0.15, -0.1) is 0 Å². The quantitative estimate of drug-likeness (QED) is 0.818. The largest absolute Gasteiger partial charge is 0.497 e. The van der Waals surface area contributed by atoms with Gasteiger partial charge in [0.05, 0.1) is 12.7 Å². The summed E-state index contributed by atoms with van der Waals surface area (Å²) in [6.07, 6.45) is -0.929. The van der Waals surface area contributed by atoms with E-state index in [1.807, 2.05) is 25.1 Å². The molecule has 2 rings (SSSR count). The van der Waals surface area contributed by atoms with Crippen molar-refractivity contribution in [2.45, 2.75) is 13.0 Å². The fraction of sp³-hybridized carbons (Fsp3) is 0.263. The third-order valence-corrected chi connectivity index (χ3v) is 3.59. The first-order valence-electron chi connectivity index (χ1n) is 7.84. The molecule has 6 heteroatoms. The van der Waals surface area contributed by atoms with Gasteiger partial charge in [-0.1, -0.05) is 12.1 Å². The van der Waals surface area contributed by atoms with Gasteiger partial charge in [-0.3, -0.25) is 4.79 Å². The van der Waals surface area contributed by atoms with Crippen LogP contribution in [0.5, 0.6) is 5.75 Å². The molecule has 1 amide bonds. The van der Waals surface area contributed by atoms with Crippen LogP contribution in [0.1, 0.15) is 17.3 Å². The second kappa shape index (κ2) is 8.19. The van der Waals surface area contributed by atoms with E-state index in [9.17, 15) is 9.59 Å². The van der Waals surface area contributed by atoms with Crippen molar-refractivity contribution in [3.8, 4) is 5.75 Å². The maximum absolute atomic E-state index is 12.2. The van der Waals surface area contributed by atoms with E-state index in [4.69, 9.17) is 9.47 Å². The van der Waals surface area contributed by atoms with E-state index in [-0.39, 0.29) is 0 Å². The molecular formula is C19H22N2O4. The Labute approximate surface area is 147 Å². The van der Waals surface area contributed by atoms with E-state index in [0.717, 1.165) is 5.69 Å². The molecule has 1 atom stereocenters. The van der Waals surface area contributed by atoms with Crippen LogP contribution in [0.4, 0.5) is 11.4 Å². The Balaban J connectivity index is 2.00. The average Bonchev–Trinajstić information content (AvgIpc) is 2.61. The second-order valence-corrected chi connectivity index (χ2v) is 5.71. The second-order valence-electron chi connectivity index (χ2n) is 5.71. The molecule has 0 aliphatic heterocycles. The minimum absolute atomic E-state index is 0.396. The minimum Gasteiger partial charge on any atom is -0.497 e. The lowest BCUT2D eigenvalue weighted by atomic mass is 10.2. The van der Waals surface area contributed by atoms with Crippen molar-refractivity contribution < 1.29 is 19.1 Å². The van der Waals surface area contributed by atoms with Crippen molar-refractivity contribution in [1.82, 2.24) is 0 Å². The lowest BCUT2D eigenvalue weighted by Gasteiger charge is -2.16. The highest BCUT2D eigenvalue weighted by atomic mass is 16.5. The van der Waals surface area contributed by atoms with E-state index in [1.54, 1.807) is 49.6 Å². The number of carbonyl (C=O) groups is 2. The van der Waals surface area contributed by atoms with E-state index in [2.05, 4.69) is 5.32 Å². The Bertz CT molecular complexity index is 759. The topological polar surface area (TPSA) is 67.9 Å². The van der Waals surface area contributed by atoms with Crippen LogP contribution in [0.15, 0.2) is 48.5 Å². The zero-order valence-corrected chi connectivity index (χ0v) is 14.8. The smallest absolute Gasteiger partial charge is 0.338 e. The van der Waals surface area contributed by atoms with E-state index >= 15 is 0 Å². The third kappa shape index (κ3) is 4.97. The molecule has 0 aromatic heterocycles. The first kappa shape index (κ1) is 18.3. The first-order chi connectivity index (χ1) is 11.9.